The zero-order chi connectivity index (χ0) is 15.0. The van der Waals surface area contributed by atoms with Gasteiger partial charge in [0, 0.05) is 19.1 Å². The van der Waals surface area contributed by atoms with Gasteiger partial charge in [0.05, 0.1) is 0 Å². The lowest BCUT2D eigenvalue weighted by molar-refractivity contribution is 0.0950. The topological polar surface area (TPSA) is 70.1 Å². The molecule has 0 atom stereocenters. The van der Waals surface area contributed by atoms with Crippen LogP contribution in [0.1, 0.15) is 43.4 Å². The van der Waals surface area contributed by atoms with Crippen molar-refractivity contribution < 1.29 is 4.79 Å². The van der Waals surface area contributed by atoms with Crippen molar-refractivity contribution in [2.24, 2.45) is 0 Å². The molecule has 0 fully saturated rings. The van der Waals surface area contributed by atoms with E-state index in [-0.39, 0.29) is 5.91 Å². The second-order valence-electron chi connectivity index (χ2n) is 5.02. The van der Waals surface area contributed by atoms with Gasteiger partial charge in [-0.05, 0) is 40.3 Å². The van der Waals surface area contributed by atoms with Crippen molar-refractivity contribution >= 4 is 22.4 Å². The van der Waals surface area contributed by atoms with Crippen molar-refractivity contribution in [3.05, 3.63) is 5.01 Å². The van der Waals surface area contributed by atoms with Crippen LogP contribution in [-0.2, 0) is 0 Å². The fourth-order valence-electron chi connectivity index (χ4n) is 1.48. The molecule has 0 aromatic carbocycles. The molecule has 7 heteroatoms. The molecule has 1 aromatic heterocycles. The van der Waals surface area contributed by atoms with E-state index in [0.717, 1.165) is 25.9 Å². The van der Waals surface area contributed by atoms with Gasteiger partial charge in [0.1, 0.15) is 0 Å². The van der Waals surface area contributed by atoms with Crippen LogP contribution in [0.5, 0.6) is 0 Å². The third-order valence-corrected chi connectivity index (χ3v) is 3.88. The maximum Gasteiger partial charge on any atom is 0.282 e. The monoisotopic (exact) mass is 299 g/mol. The van der Waals surface area contributed by atoms with Gasteiger partial charge in [-0.3, -0.25) is 4.79 Å². The fraction of sp³-hybridized carbons (Fsp3) is 0.769. The molecular formula is C13H25N5OS. The molecule has 0 unspecified atom stereocenters. The number of hydrogen-bond donors (Lipinski definition) is 2. The molecule has 1 aromatic rings. The number of carbonyl (C=O) groups excluding carboxylic acids is 1. The molecule has 2 N–H and O–H groups in total. The van der Waals surface area contributed by atoms with Crippen molar-refractivity contribution in [3.8, 4) is 0 Å². The molecular weight excluding hydrogens is 274 g/mol. The minimum atomic E-state index is -0.140. The quantitative estimate of drug-likeness (QED) is 0.681. The Labute approximate surface area is 125 Å². The predicted molar refractivity (Wildman–Crippen MR) is 83.4 cm³/mol. The number of hydrogen-bond acceptors (Lipinski definition) is 6. The van der Waals surface area contributed by atoms with Gasteiger partial charge in [-0.2, -0.15) is 0 Å². The lowest BCUT2D eigenvalue weighted by atomic mass is 10.3. The van der Waals surface area contributed by atoms with E-state index in [0.29, 0.717) is 22.7 Å². The Morgan fingerprint density at radius 1 is 1.35 bits per heavy atom. The summed E-state index contributed by atoms with van der Waals surface area (Å²) in [7, 11) is 2.09. The maximum atomic E-state index is 11.9. The van der Waals surface area contributed by atoms with Crippen LogP contribution in [0, 0.1) is 0 Å². The Hall–Kier alpha value is -1.21. The van der Waals surface area contributed by atoms with Gasteiger partial charge in [-0.15, -0.1) is 10.2 Å². The first-order valence-corrected chi connectivity index (χ1v) is 7.92. The molecule has 1 amide bonds. The summed E-state index contributed by atoms with van der Waals surface area (Å²) in [6.45, 7) is 8.87. The Bertz CT molecular complexity index is 407. The molecule has 1 heterocycles. The Kier molecular flexibility index (Phi) is 7.46. The first-order valence-electron chi connectivity index (χ1n) is 7.10. The number of nitrogens with one attached hydrogen (secondary N) is 2. The van der Waals surface area contributed by atoms with Crippen molar-refractivity contribution in [2.45, 2.75) is 39.7 Å². The average molecular weight is 299 g/mol. The molecule has 0 saturated carbocycles. The third kappa shape index (κ3) is 5.83. The highest BCUT2D eigenvalue weighted by Gasteiger charge is 2.12. The zero-order valence-corrected chi connectivity index (χ0v) is 13.6. The summed E-state index contributed by atoms with van der Waals surface area (Å²) >= 11 is 1.29. The lowest BCUT2D eigenvalue weighted by Gasteiger charge is -2.20. The summed E-state index contributed by atoms with van der Waals surface area (Å²) in [5.41, 5.74) is 0. The van der Waals surface area contributed by atoms with Gasteiger partial charge < -0.3 is 15.5 Å². The number of anilines is 1. The maximum absolute atomic E-state index is 11.9. The van der Waals surface area contributed by atoms with Crippen LogP contribution in [0.3, 0.4) is 0 Å². The summed E-state index contributed by atoms with van der Waals surface area (Å²) in [6.07, 6.45) is 1.95. The van der Waals surface area contributed by atoms with Crippen molar-refractivity contribution in [3.63, 3.8) is 0 Å². The second kappa shape index (κ2) is 8.86. The van der Waals surface area contributed by atoms with Crippen molar-refractivity contribution in [1.82, 2.24) is 20.4 Å². The SMILES string of the molecule is CCCNc1nnc(C(=O)NCCCN(C)C(C)C)s1. The molecule has 0 bridgehead atoms. The summed E-state index contributed by atoms with van der Waals surface area (Å²) in [5.74, 6) is -0.140. The predicted octanol–water partition coefficient (Wildman–Crippen LogP) is 1.82. The molecule has 0 spiro atoms. The van der Waals surface area contributed by atoms with E-state index in [9.17, 15) is 4.79 Å². The first-order chi connectivity index (χ1) is 9.54. The summed E-state index contributed by atoms with van der Waals surface area (Å²) < 4.78 is 0. The normalized spacial score (nSPS) is 11.1. The minimum Gasteiger partial charge on any atom is -0.360 e. The Morgan fingerprint density at radius 3 is 2.75 bits per heavy atom. The minimum absolute atomic E-state index is 0.140. The van der Waals surface area contributed by atoms with Gasteiger partial charge in [-0.1, -0.05) is 18.3 Å². The number of nitrogens with zero attached hydrogens (tertiary/aromatic N) is 3. The van der Waals surface area contributed by atoms with E-state index >= 15 is 0 Å². The number of amides is 1. The third-order valence-electron chi connectivity index (χ3n) is 3.00. The molecule has 114 valence electrons. The van der Waals surface area contributed by atoms with Gasteiger partial charge in [0.15, 0.2) is 0 Å². The number of rotatable bonds is 9. The summed E-state index contributed by atoms with van der Waals surface area (Å²) in [6, 6.07) is 0.529. The Morgan fingerprint density at radius 2 is 2.10 bits per heavy atom. The molecule has 0 aliphatic rings. The second-order valence-corrected chi connectivity index (χ2v) is 6.00. The van der Waals surface area contributed by atoms with E-state index in [1.165, 1.54) is 11.3 Å². The van der Waals surface area contributed by atoms with Crippen LogP contribution in [-0.4, -0.2) is 53.7 Å². The van der Waals surface area contributed by atoms with E-state index in [2.05, 4.69) is 53.5 Å². The lowest BCUT2D eigenvalue weighted by Crippen LogP contribution is -2.31. The summed E-state index contributed by atoms with van der Waals surface area (Å²) in [4.78, 5) is 14.1. The molecule has 0 aliphatic carbocycles. The number of aromatic nitrogens is 2. The average Bonchev–Trinajstić information content (AvgIpc) is 2.89. The molecule has 20 heavy (non-hydrogen) atoms. The van der Waals surface area contributed by atoms with Crippen LogP contribution in [0.2, 0.25) is 0 Å². The fourth-order valence-corrected chi connectivity index (χ4v) is 2.17. The summed E-state index contributed by atoms with van der Waals surface area (Å²) in [5, 5.41) is 15.0. The van der Waals surface area contributed by atoms with Gasteiger partial charge >= 0.3 is 0 Å². The standard InChI is InChI=1S/C13H25N5OS/c1-5-7-15-13-17-16-12(20-13)11(19)14-8-6-9-18(4)10(2)3/h10H,5-9H2,1-4H3,(H,14,19)(H,15,17). The highest BCUT2D eigenvalue weighted by molar-refractivity contribution is 7.17. The van der Waals surface area contributed by atoms with Crippen LogP contribution < -0.4 is 10.6 Å². The largest absolute Gasteiger partial charge is 0.360 e. The molecule has 0 radical (unpaired) electrons. The highest BCUT2D eigenvalue weighted by Crippen LogP contribution is 2.14. The molecule has 6 nitrogen and oxygen atoms in total. The van der Waals surface area contributed by atoms with Crippen LogP contribution in [0.25, 0.3) is 0 Å². The molecule has 0 aliphatic heterocycles. The smallest absolute Gasteiger partial charge is 0.282 e. The van der Waals surface area contributed by atoms with E-state index in [1.54, 1.807) is 0 Å². The van der Waals surface area contributed by atoms with E-state index < -0.39 is 0 Å². The molecule has 1 rings (SSSR count). The van der Waals surface area contributed by atoms with Gasteiger partial charge in [0.25, 0.3) is 5.91 Å². The highest BCUT2D eigenvalue weighted by atomic mass is 32.1. The number of carbonyl (C=O) groups is 1. The van der Waals surface area contributed by atoms with Crippen LogP contribution in [0.4, 0.5) is 5.13 Å². The molecule has 0 saturated heterocycles. The van der Waals surface area contributed by atoms with Crippen LogP contribution in [0.15, 0.2) is 0 Å². The van der Waals surface area contributed by atoms with Crippen LogP contribution >= 0.6 is 11.3 Å². The van der Waals surface area contributed by atoms with E-state index in [4.69, 9.17) is 0 Å². The van der Waals surface area contributed by atoms with E-state index in [1.807, 2.05) is 0 Å². The zero-order valence-electron chi connectivity index (χ0n) is 12.8. The van der Waals surface area contributed by atoms with Gasteiger partial charge in [-0.25, -0.2) is 0 Å². The van der Waals surface area contributed by atoms with Crippen molar-refractivity contribution in [2.75, 3.05) is 32.0 Å². The van der Waals surface area contributed by atoms with Crippen molar-refractivity contribution in [1.29, 1.82) is 0 Å². The first kappa shape index (κ1) is 16.8. The van der Waals surface area contributed by atoms with Gasteiger partial charge in [0.2, 0.25) is 10.1 Å². The Balaban J connectivity index is 2.27.